The molecule has 0 fully saturated rings. The number of carbonyl (C=O) groups excluding carboxylic acids is 3. The first-order chi connectivity index (χ1) is 16.4. The predicted octanol–water partition coefficient (Wildman–Crippen LogP) is 3.08. The molecule has 0 saturated heterocycles. The van der Waals surface area contributed by atoms with Crippen LogP contribution >= 0.6 is 7.92 Å². The second-order valence-corrected chi connectivity index (χ2v) is 9.59. The highest BCUT2D eigenvalue weighted by Crippen LogP contribution is 2.34. The lowest BCUT2D eigenvalue weighted by Crippen LogP contribution is -2.30. The lowest BCUT2D eigenvalue weighted by Gasteiger charge is -2.22. The van der Waals surface area contributed by atoms with Gasteiger partial charge >= 0.3 is 11.9 Å². The number of rotatable bonds is 9. The minimum absolute atomic E-state index is 0.0330. The first-order valence-electron chi connectivity index (χ1n) is 10.7. The van der Waals surface area contributed by atoms with Crippen molar-refractivity contribution in [3.63, 3.8) is 0 Å². The largest absolute Gasteiger partial charge is 0.465 e. The van der Waals surface area contributed by atoms with E-state index in [2.05, 4.69) is 11.9 Å². The molecule has 0 heterocycles. The molecule has 6 nitrogen and oxygen atoms in total. The average molecular weight is 475 g/mol. The van der Waals surface area contributed by atoms with Gasteiger partial charge in [-0.2, -0.15) is 0 Å². The highest BCUT2D eigenvalue weighted by atomic mass is 31.1. The molecule has 0 aliphatic heterocycles. The van der Waals surface area contributed by atoms with Crippen LogP contribution in [0.1, 0.15) is 27.6 Å². The average Bonchev–Trinajstić information content (AvgIpc) is 2.87. The van der Waals surface area contributed by atoms with E-state index in [4.69, 9.17) is 9.47 Å². The Morgan fingerprint density at radius 1 is 0.912 bits per heavy atom. The maximum Gasteiger partial charge on any atom is 0.338 e. The Labute approximate surface area is 200 Å². The summed E-state index contributed by atoms with van der Waals surface area (Å²) in [5.41, 5.74) is 1.10. The topological polar surface area (TPSA) is 81.7 Å². The molecule has 34 heavy (non-hydrogen) atoms. The molecule has 0 aliphatic rings. The Hall–Kier alpha value is -3.76. The number of esters is 2. The van der Waals surface area contributed by atoms with E-state index in [1.54, 1.807) is 25.1 Å². The van der Waals surface area contributed by atoms with Gasteiger partial charge in [-0.25, -0.2) is 9.59 Å². The van der Waals surface area contributed by atoms with Crippen molar-refractivity contribution in [3.05, 3.63) is 102 Å². The zero-order valence-electron chi connectivity index (χ0n) is 19.1. The quantitative estimate of drug-likeness (QED) is 0.223. The van der Waals surface area contributed by atoms with Gasteiger partial charge in [0.2, 0.25) is 0 Å². The Balaban J connectivity index is 1.96. The van der Waals surface area contributed by atoms with Gasteiger partial charge in [0.25, 0.3) is 5.91 Å². The Morgan fingerprint density at radius 2 is 1.50 bits per heavy atom. The molecule has 0 saturated carbocycles. The molecule has 0 bridgehead atoms. The molecule has 0 unspecified atom stereocenters. The lowest BCUT2D eigenvalue weighted by atomic mass is 10.1. The lowest BCUT2D eigenvalue weighted by molar-refractivity contribution is -0.138. The molecule has 7 heteroatoms. The molecule has 174 valence electrons. The molecule has 3 aromatic rings. The summed E-state index contributed by atoms with van der Waals surface area (Å²) in [6.45, 7) is 5.27. The summed E-state index contributed by atoms with van der Waals surface area (Å²) in [4.78, 5) is 37.0. The molecule has 0 aliphatic carbocycles. The molecule has 0 radical (unpaired) electrons. The fourth-order valence-corrected chi connectivity index (χ4v) is 5.73. The van der Waals surface area contributed by atoms with Crippen LogP contribution in [0.5, 0.6) is 0 Å². The predicted molar refractivity (Wildman–Crippen MR) is 135 cm³/mol. The van der Waals surface area contributed by atoms with Crippen LogP contribution in [0.2, 0.25) is 0 Å². The van der Waals surface area contributed by atoms with Gasteiger partial charge in [-0.05, 0) is 43.7 Å². The second-order valence-electron chi connectivity index (χ2n) is 7.40. The van der Waals surface area contributed by atoms with Crippen LogP contribution in [0.25, 0.3) is 0 Å². The number of benzene rings is 3. The summed E-state index contributed by atoms with van der Waals surface area (Å²) in [5.74, 6) is -1.30. The van der Waals surface area contributed by atoms with Crippen molar-refractivity contribution in [1.82, 2.24) is 5.32 Å². The fourth-order valence-electron chi connectivity index (χ4n) is 3.26. The molecular formula is C27H26NO5P. The van der Waals surface area contributed by atoms with Gasteiger partial charge in [-0.1, -0.05) is 67.2 Å². The van der Waals surface area contributed by atoms with Crippen LogP contribution in [-0.2, 0) is 14.3 Å². The van der Waals surface area contributed by atoms with Crippen molar-refractivity contribution in [2.24, 2.45) is 0 Å². The van der Waals surface area contributed by atoms with Crippen molar-refractivity contribution < 1.29 is 23.9 Å². The summed E-state index contributed by atoms with van der Waals surface area (Å²) in [5, 5.41) is 5.55. The molecular weight excluding hydrogens is 449 g/mol. The van der Waals surface area contributed by atoms with Crippen molar-refractivity contribution in [2.75, 3.05) is 20.3 Å². The maximum absolute atomic E-state index is 12.8. The van der Waals surface area contributed by atoms with Crippen molar-refractivity contribution in [2.45, 2.75) is 6.92 Å². The first-order valence-corrected chi connectivity index (χ1v) is 12.0. The zero-order valence-corrected chi connectivity index (χ0v) is 20.0. The molecule has 0 atom stereocenters. The highest BCUT2D eigenvalue weighted by molar-refractivity contribution is 7.80. The number of hydrogen-bond acceptors (Lipinski definition) is 5. The van der Waals surface area contributed by atoms with Crippen molar-refractivity contribution in [1.29, 1.82) is 0 Å². The van der Waals surface area contributed by atoms with Crippen molar-refractivity contribution >= 4 is 41.7 Å². The van der Waals surface area contributed by atoms with E-state index >= 15 is 0 Å². The molecule has 3 rings (SSSR count). The van der Waals surface area contributed by atoms with Gasteiger partial charge in [0.05, 0.1) is 19.2 Å². The normalized spacial score (nSPS) is 10.4. The van der Waals surface area contributed by atoms with Gasteiger partial charge in [0.15, 0.2) is 0 Å². The smallest absolute Gasteiger partial charge is 0.338 e. The molecule has 0 aromatic heterocycles. The summed E-state index contributed by atoms with van der Waals surface area (Å²) >= 11 is 0. The summed E-state index contributed by atoms with van der Waals surface area (Å²) in [7, 11) is 0.202. The van der Waals surface area contributed by atoms with E-state index < -0.39 is 19.9 Å². The molecule has 3 aromatic carbocycles. The standard InChI is InChI=1S/C27H26NO5P/c1-19(2)26(30)33-17-16-28-25(29)20-14-15-23(27(31)32-3)24(18-20)34(21-10-6-4-7-11-21)22-12-8-5-9-13-22/h4-15,18H,1,16-17H2,2-3H3,(H,28,29). The molecule has 1 N–H and O–H groups in total. The van der Waals surface area contributed by atoms with E-state index in [-0.39, 0.29) is 19.1 Å². The van der Waals surface area contributed by atoms with Gasteiger partial charge in [0, 0.05) is 16.4 Å². The minimum Gasteiger partial charge on any atom is -0.465 e. The van der Waals surface area contributed by atoms with Crippen molar-refractivity contribution in [3.8, 4) is 0 Å². The first kappa shape index (κ1) is 24.9. The van der Waals surface area contributed by atoms with Gasteiger partial charge in [-0.15, -0.1) is 0 Å². The highest BCUT2D eigenvalue weighted by Gasteiger charge is 2.24. The summed E-state index contributed by atoms with van der Waals surface area (Å²) < 4.78 is 10.1. The Bertz CT molecular complexity index is 1140. The maximum atomic E-state index is 12.8. The zero-order chi connectivity index (χ0) is 24.5. The van der Waals surface area contributed by atoms with E-state index in [9.17, 15) is 14.4 Å². The summed E-state index contributed by atoms with van der Waals surface area (Å²) in [6.07, 6.45) is 0. The molecule has 1 amide bonds. The number of hydrogen-bond donors (Lipinski definition) is 1. The third-order valence-corrected chi connectivity index (χ3v) is 7.39. The van der Waals surface area contributed by atoms with E-state index in [0.29, 0.717) is 16.7 Å². The van der Waals surface area contributed by atoms with Crippen LogP contribution in [-0.4, -0.2) is 38.1 Å². The third-order valence-electron chi connectivity index (χ3n) is 4.90. The minimum atomic E-state index is -1.14. The number of amides is 1. The van der Waals surface area contributed by atoms with Crippen LogP contribution in [0.15, 0.2) is 91.0 Å². The fraction of sp³-hybridized carbons (Fsp3) is 0.148. The van der Waals surface area contributed by atoms with E-state index in [1.165, 1.54) is 7.11 Å². The number of carbonyl (C=O) groups is 3. The second kappa shape index (κ2) is 11.9. The number of ether oxygens (including phenoxy) is 2. The Morgan fingerprint density at radius 3 is 2.03 bits per heavy atom. The van der Waals surface area contributed by atoms with Gasteiger partial charge < -0.3 is 14.8 Å². The van der Waals surface area contributed by atoms with Gasteiger partial charge in [-0.3, -0.25) is 4.79 Å². The number of nitrogens with one attached hydrogen (secondary N) is 1. The van der Waals surface area contributed by atoms with Gasteiger partial charge in [0.1, 0.15) is 6.61 Å². The van der Waals surface area contributed by atoms with Crippen LogP contribution in [0, 0.1) is 0 Å². The van der Waals surface area contributed by atoms with Crippen LogP contribution in [0.4, 0.5) is 0 Å². The SMILES string of the molecule is C=C(C)C(=O)OCCNC(=O)c1ccc(C(=O)OC)c(P(c2ccccc2)c2ccccc2)c1. The monoisotopic (exact) mass is 475 g/mol. The number of methoxy groups -OCH3 is 1. The molecule has 0 spiro atoms. The van der Waals surface area contributed by atoms with E-state index in [0.717, 1.165) is 15.9 Å². The summed E-state index contributed by atoms with van der Waals surface area (Å²) in [6, 6.07) is 24.7. The van der Waals surface area contributed by atoms with E-state index in [1.807, 2.05) is 60.7 Å². The Kier molecular flexibility index (Phi) is 8.72. The van der Waals surface area contributed by atoms with Crippen LogP contribution in [0.3, 0.4) is 0 Å². The third kappa shape index (κ3) is 6.18. The van der Waals surface area contributed by atoms with Crippen LogP contribution < -0.4 is 21.2 Å².